The third-order valence-corrected chi connectivity index (χ3v) is 3.10. The van der Waals surface area contributed by atoms with E-state index in [9.17, 15) is 4.39 Å². The Hall–Kier alpha value is -1.65. The van der Waals surface area contributed by atoms with Gasteiger partial charge in [0, 0.05) is 5.69 Å². The van der Waals surface area contributed by atoms with Crippen LogP contribution in [0.4, 0.5) is 15.8 Å². The van der Waals surface area contributed by atoms with Crippen LogP contribution in [0.2, 0.25) is 5.02 Å². The molecule has 2 N–H and O–H groups in total. The number of para-hydroxylation sites is 1. The molecule has 5 heteroatoms. The van der Waals surface area contributed by atoms with Crippen LogP contribution in [0.5, 0.6) is 0 Å². The predicted molar refractivity (Wildman–Crippen MR) is 82.4 cm³/mol. The number of rotatable bonds is 2. The smallest absolute Gasteiger partial charge is 0.175 e. The fourth-order valence-corrected chi connectivity index (χ4v) is 1.97. The maximum Gasteiger partial charge on any atom is 0.175 e. The zero-order valence-corrected chi connectivity index (χ0v) is 11.8. The van der Waals surface area contributed by atoms with Crippen LogP contribution in [0.1, 0.15) is 5.56 Å². The first-order chi connectivity index (χ1) is 9.06. The molecule has 98 valence electrons. The highest BCUT2D eigenvalue weighted by molar-refractivity contribution is 7.80. The normalized spacial score (nSPS) is 10.1. The Morgan fingerprint density at radius 1 is 1.11 bits per heavy atom. The van der Waals surface area contributed by atoms with Crippen molar-refractivity contribution in [1.29, 1.82) is 0 Å². The van der Waals surface area contributed by atoms with Gasteiger partial charge in [-0.2, -0.15) is 0 Å². The lowest BCUT2D eigenvalue weighted by molar-refractivity contribution is 0.628. The number of hydrogen-bond donors (Lipinski definition) is 2. The van der Waals surface area contributed by atoms with Gasteiger partial charge in [0.2, 0.25) is 0 Å². The second-order valence-electron chi connectivity index (χ2n) is 4.02. The van der Waals surface area contributed by atoms with Gasteiger partial charge in [0.1, 0.15) is 5.82 Å². The first kappa shape index (κ1) is 13.8. The molecule has 0 fully saturated rings. The Morgan fingerprint density at radius 2 is 1.79 bits per heavy atom. The summed E-state index contributed by atoms with van der Waals surface area (Å²) < 4.78 is 13.2. The van der Waals surface area contributed by atoms with Crippen LogP contribution in [0, 0.1) is 12.7 Å². The summed E-state index contributed by atoms with van der Waals surface area (Å²) in [5.74, 6) is -0.311. The summed E-state index contributed by atoms with van der Waals surface area (Å²) in [6.07, 6.45) is 0. The van der Waals surface area contributed by atoms with Crippen molar-refractivity contribution in [2.75, 3.05) is 10.6 Å². The second-order valence-corrected chi connectivity index (χ2v) is 4.83. The minimum Gasteiger partial charge on any atom is -0.332 e. The van der Waals surface area contributed by atoms with Crippen LogP contribution in [0.25, 0.3) is 0 Å². The Bertz CT molecular complexity index is 616. The molecule has 0 aromatic heterocycles. The van der Waals surface area contributed by atoms with E-state index in [2.05, 4.69) is 10.6 Å². The monoisotopic (exact) mass is 294 g/mol. The molecule has 0 radical (unpaired) electrons. The average Bonchev–Trinajstić information content (AvgIpc) is 2.37. The third kappa shape index (κ3) is 3.66. The summed E-state index contributed by atoms with van der Waals surface area (Å²) in [4.78, 5) is 0. The lowest BCUT2D eigenvalue weighted by Crippen LogP contribution is -2.19. The fraction of sp³-hybridized carbons (Fsp3) is 0.0714. The highest BCUT2D eigenvalue weighted by Crippen LogP contribution is 2.21. The highest BCUT2D eigenvalue weighted by atomic mass is 35.5. The maximum atomic E-state index is 13.2. The van der Waals surface area contributed by atoms with Crippen molar-refractivity contribution in [2.45, 2.75) is 6.92 Å². The summed E-state index contributed by atoms with van der Waals surface area (Å²) in [7, 11) is 0. The summed E-state index contributed by atoms with van der Waals surface area (Å²) in [5.41, 5.74) is 2.24. The van der Waals surface area contributed by atoms with E-state index >= 15 is 0 Å². The summed E-state index contributed by atoms with van der Waals surface area (Å²) in [6.45, 7) is 1.87. The molecular formula is C14H12ClFN2S. The third-order valence-electron chi connectivity index (χ3n) is 2.57. The number of halogens is 2. The number of hydrogen-bond acceptors (Lipinski definition) is 1. The highest BCUT2D eigenvalue weighted by Gasteiger charge is 2.05. The molecule has 0 heterocycles. The minimum atomic E-state index is -0.311. The molecule has 0 aliphatic rings. The molecule has 0 atom stereocenters. The first-order valence-corrected chi connectivity index (χ1v) is 6.43. The van der Waals surface area contributed by atoms with Gasteiger partial charge < -0.3 is 10.6 Å². The van der Waals surface area contributed by atoms with E-state index in [0.29, 0.717) is 21.5 Å². The molecule has 0 bridgehead atoms. The standard InChI is InChI=1S/C14H12ClFN2S/c1-9-6-7-10(16)8-13(9)18-14(19)17-12-5-3-2-4-11(12)15/h2-8H,1H3,(H2,17,18,19). The summed E-state index contributed by atoms with van der Waals surface area (Å²) in [6, 6.07) is 11.8. The van der Waals surface area contributed by atoms with E-state index in [1.54, 1.807) is 12.1 Å². The van der Waals surface area contributed by atoms with Crippen LogP contribution < -0.4 is 10.6 Å². The quantitative estimate of drug-likeness (QED) is 0.792. The molecule has 0 saturated heterocycles. The maximum absolute atomic E-state index is 13.2. The number of aryl methyl sites for hydroxylation is 1. The van der Waals surface area contributed by atoms with E-state index in [-0.39, 0.29) is 5.82 Å². The van der Waals surface area contributed by atoms with E-state index < -0.39 is 0 Å². The lowest BCUT2D eigenvalue weighted by atomic mass is 10.2. The van der Waals surface area contributed by atoms with Crippen LogP contribution in [-0.4, -0.2) is 5.11 Å². The number of anilines is 2. The van der Waals surface area contributed by atoms with Crippen molar-refractivity contribution >= 4 is 40.3 Å². The van der Waals surface area contributed by atoms with E-state index in [4.69, 9.17) is 23.8 Å². The Kier molecular flexibility index (Phi) is 4.35. The van der Waals surface area contributed by atoms with Crippen molar-refractivity contribution in [1.82, 2.24) is 0 Å². The van der Waals surface area contributed by atoms with Crippen LogP contribution in [0.15, 0.2) is 42.5 Å². The van der Waals surface area contributed by atoms with Crippen LogP contribution >= 0.6 is 23.8 Å². The van der Waals surface area contributed by atoms with E-state index in [1.165, 1.54) is 12.1 Å². The van der Waals surface area contributed by atoms with Gasteiger partial charge in [0.25, 0.3) is 0 Å². The van der Waals surface area contributed by atoms with Crippen molar-refractivity contribution in [3.8, 4) is 0 Å². The molecule has 0 saturated carbocycles. The number of benzene rings is 2. The van der Waals surface area contributed by atoms with Gasteiger partial charge in [-0.25, -0.2) is 4.39 Å². The molecule has 2 nitrogen and oxygen atoms in total. The van der Waals surface area contributed by atoms with Crippen LogP contribution in [-0.2, 0) is 0 Å². The molecule has 2 rings (SSSR count). The molecule has 0 aliphatic heterocycles. The van der Waals surface area contributed by atoms with E-state index in [1.807, 2.05) is 25.1 Å². The zero-order chi connectivity index (χ0) is 13.8. The van der Waals surface area contributed by atoms with E-state index in [0.717, 1.165) is 5.56 Å². The van der Waals surface area contributed by atoms with Gasteiger partial charge in [0.15, 0.2) is 5.11 Å². The number of thiocarbonyl (C=S) groups is 1. The Balaban J connectivity index is 2.10. The van der Waals surface area contributed by atoms with Gasteiger partial charge in [0.05, 0.1) is 10.7 Å². The van der Waals surface area contributed by atoms with Gasteiger partial charge in [-0.15, -0.1) is 0 Å². The molecule has 0 amide bonds. The van der Waals surface area contributed by atoms with Crippen molar-refractivity contribution < 1.29 is 4.39 Å². The second kappa shape index (κ2) is 5.99. The number of nitrogens with one attached hydrogen (secondary N) is 2. The lowest BCUT2D eigenvalue weighted by Gasteiger charge is -2.13. The Morgan fingerprint density at radius 3 is 2.53 bits per heavy atom. The Labute approximate surface area is 121 Å². The zero-order valence-electron chi connectivity index (χ0n) is 10.2. The predicted octanol–water partition coefficient (Wildman–Crippen LogP) is 4.60. The molecule has 0 aliphatic carbocycles. The van der Waals surface area contributed by atoms with Crippen molar-refractivity contribution in [3.63, 3.8) is 0 Å². The van der Waals surface area contributed by atoms with Crippen LogP contribution in [0.3, 0.4) is 0 Å². The average molecular weight is 295 g/mol. The van der Waals surface area contributed by atoms with Crippen molar-refractivity contribution in [3.05, 3.63) is 58.9 Å². The SMILES string of the molecule is Cc1ccc(F)cc1NC(=S)Nc1ccccc1Cl. The largest absolute Gasteiger partial charge is 0.332 e. The molecule has 19 heavy (non-hydrogen) atoms. The van der Waals surface area contributed by atoms with Gasteiger partial charge in [-0.05, 0) is 49.0 Å². The molecule has 0 spiro atoms. The van der Waals surface area contributed by atoms with Gasteiger partial charge in [-0.3, -0.25) is 0 Å². The topological polar surface area (TPSA) is 24.1 Å². The van der Waals surface area contributed by atoms with Gasteiger partial charge in [-0.1, -0.05) is 29.8 Å². The molecule has 0 unspecified atom stereocenters. The molecule has 2 aromatic carbocycles. The minimum absolute atomic E-state index is 0.311. The summed E-state index contributed by atoms with van der Waals surface area (Å²) in [5, 5.41) is 6.85. The van der Waals surface area contributed by atoms with Crippen molar-refractivity contribution in [2.24, 2.45) is 0 Å². The molecular weight excluding hydrogens is 283 g/mol. The summed E-state index contributed by atoms with van der Waals surface area (Å²) >= 11 is 11.2. The first-order valence-electron chi connectivity index (χ1n) is 5.65. The fourth-order valence-electron chi connectivity index (χ4n) is 1.57. The molecule has 2 aromatic rings. The van der Waals surface area contributed by atoms with Gasteiger partial charge >= 0.3 is 0 Å².